The molecule has 7 nitrogen and oxygen atoms in total. The van der Waals surface area contributed by atoms with Gasteiger partial charge in [-0.3, -0.25) is 0 Å². The third kappa shape index (κ3) is 4.62. The zero-order chi connectivity index (χ0) is 18.5. The van der Waals surface area contributed by atoms with Crippen LogP contribution in [0, 0.1) is 0 Å². The Kier molecular flexibility index (Phi) is 5.29. The number of urea groups is 1. The highest BCUT2D eigenvalue weighted by Crippen LogP contribution is 2.35. The first-order valence-electron chi connectivity index (χ1n) is 9.04. The summed E-state index contributed by atoms with van der Waals surface area (Å²) in [4.78, 5) is 12.0. The average Bonchev–Trinajstić information content (AvgIpc) is 3.36. The molecule has 1 atom stereocenters. The smallest absolute Gasteiger partial charge is 0.319 e. The van der Waals surface area contributed by atoms with Crippen molar-refractivity contribution >= 4 is 11.7 Å². The Labute approximate surface area is 157 Å². The zero-order valence-electron chi connectivity index (χ0n) is 14.9. The highest BCUT2D eigenvalue weighted by Gasteiger charge is 2.16. The van der Waals surface area contributed by atoms with Crippen LogP contribution in [0.5, 0.6) is 17.2 Å². The van der Waals surface area contributed by atoms with Gasteiger partial charge in [-0.25, -0.2) is 4.79 Å². The molecule has 0 bridgehead atoms. The molecule has 7 heteroatoms. The molecule has 2 aliphatic rings. The molecule has 1 fully saturated rings. The number of nitrogens with one attached hydrogen (secondary N) is 2. The van der Waals surface area contributed by atoms with Crippen molar-refractivity contribution < 1.29 is 23.7 Å². The van der Waals surface area contributed by atoms with Crippen molar-refractivity contribution in [1.29, 1.82) is 0 Å². The summed E-state index contributed by atoms with van der Waals surface area (Å²) in [5, 5.41) is 5.68. The molecule has 0 aliphatic carbocycles. The number of hydrogen-bond acceptors (Lipinski definition) is 5. The van der Waals surface area contributed by atoms with Gasteiger partial charge in [0.2, 0.25) is 6.79 Å². The van der Waals surface area contributed by atoms with Crippen LogP contribution in [0.25, 0.3) is 0 Å². The van der Waals surface area contributed by atoms with Crippen LogP contribution in [0.2, 0.25) is 0 Å². The van der Waals surface area contributed by atoms with Crippen LogP contribution in [0.1, 0.15) is 18.4 Å². The second-order valence-corrected chi connectivity index (χ2v) is 6.47. The first-order chi connectivity index (χ1) is 13.3. The van der Waals surface area contributed by atoms with Crippen molar-refractivity contribution in [2.75, 3.05) is 25.3 Å². The van der Waals surface area contributed by atoms with Crippen molar-refractivity contribution in [3.63, 3.8) is 0 Å². The molecule has 142 valence electrons. The van der Waals surface area contributed by atoms with Crippen LogP contribution in [0.4, 0.5) is 10.5 Å². The lowest BCUT2D eigenvalue weighted by Crippen LogP contribution is -2.35. The van der Waals surface area contributed by atoms with Gasteiger partial charge in [-0.05, 0) is 42.7 Å². The second-order valence-electron chi connectivity index (χ2n) is 6.47. The fraction of sp³-hybridized carbons (Fsp3) is 0.350. The number of carbonyl (C=O) groups excluding carboxylic acids is 1. The van der Waals surface area contributed by atoms with Gasteiger partial charge in [0.05, 0.1) is 6.10 Å². The summed E-state index contributed by atoms with van der Waals surface area (Å²) in [7, 11) is 0. The van der Waals surface area contributed by atoms with E-state index in [1.54, 1.807) is 0 Å². The van der Waals surface area contributed by atoms with Crippen LogP contribution in [-0.2, 0) is 11.3 Å². The molecule has 0 aromatic heterocycles. The van der Waals surface area contributed by atoms with E-state index in [1.165, 1.54) is 0 Å². The van der Waals surface area contributed by atoms with Gasteiger partial charge >= 0.3 is 6.03 Å². The Hall–Kier alpha value is -2.93. The largest absolute Gasteiger partial charge is 0.489 e. The van der Waals surface area contributed by atoms with Crippen LogP contribution in [0.15, 0.2) is 42.5 Å². The van der Waals surface area contributed by atoms with E-state index >= 15 is 0 Å². The maximum absolute atomic E-state index is 12.0. The van der Waals surface area contributed by atoms with E-state index in [0.29, 0.717) is 30.3 Å². The molecule has 27 heavy (non-hydrogen) atoms. The highest BCUT2D eigenvalue weighted by molar-refractivity contribution is 5.89. The second kappa shape index (κ2) is 8.18. The van der Waals surface area contributed by atoms with Gasteiger partial charge in [-0.15, -0.1) is 0 Å². The normalized spacial score (nSPS) is 17.6. The summed E-state index contributed by atoms with van der Waals surface area (Å²) in [5.74, 6) is 2.11. The van der Waals surface area contributed by atoms with E-state index < -0.39 is 0 Å². The minimum atomic E-state index is -0.237. The van der Waals surface area contributed by atoms with Crippen LogP contribution >= 0.6 is 0 Å². The van der Waals surface area contributed by atoms with Crippen LogP contribution < -0.4 is 24.8 Å². The Morgan fingerprint density at radius 3 is 2.96 bits per heavy atom. The third-order valence-electron chi connectivity index (χ3n) is 4.45. The number of anilines is 1. The monoisotopic (exact) mass is 370 g/mol. The van der Waals surface area contributed by atoms with E-state index in [2.05, 4.69) is 10.6 Å². The van der Waals surface area contributed by atoms with Crippen molar-refractivity contribution in [2.24, 2.45) is 0 Å². The summed E-state index contributed by atoms with van der Waals surface area (Å²) in [5.41, 5.74) is 1.66. The number of carbonyl (C=O) groups is 1. The minimum Gasteiger partial charge on any atom is -0.489 e. The van der Waals surface area contributed by atoms with E-state index in [-0.39, 0.29) is 18.9 Å². The molecule has 2 amide bonds. The Morgan fingerprint density at radius 1 is 1.15 bits per heavy atom. The van der Waals surface area contributed by atoms with Crippen molar-refractivity contribution in [1.82, 2.24) is 5.32 Å². The predicted molar refractivity (Wildman–Crippen MR) is 99.3 cm³/mol. The van der Waals surface area contributed by atoms with Crippen molar-refractivity contribution in [3.05, 3.63) is 48.0 Å². The summed E-state index contributed by atoms with van der Waals surface area (Å²) in [6.45, 7) is 1.92. The van der Waals surface area contributed by atoms with Gasteiger partial charge in [0.15, 0.2) is 11.5 Å². The fourth-order valence-electron chi connectivity index (χ4n) is 3.06. The Morgan fingerprint density at radius 2 is 2.07 bits per heavy atom. The van der Waals surface area contributed by atoms with E-state index in [4.69, 9.17) is 18.9 Å². The predicted octanol–water partition coefficient (Wildman–Crippen LogP) is 3.29. The van der Waals surface area contributed by atoms with Crippen LogP contribution in [0.3, 0.4) is 0 Å². The molecule has 0 radical (unpaired) electrons. The minimum absolute atomic E-state index is 0.122. The Balaban J connectivity index is 1.28. The number of ether oxygens (including phenoxy) is 4. The molecular weight excluding hydrogens is 348 g/mol. The maximum atomic E-state index is 12.0. The molecule has 2 aromatic rings. The topological polar surface area (TPSA) is 78.1 Å². The number of benzene rings is 2. The first-order valence-corrected chi connectivity index (χ1v) is 9.04. The number of fused-ring (bicyclic) bond motifs is 1. The summed E-state index contributed by atoms with van der Waals surface area (Å²) in [6, 6.07) is 12.8. The lowest BCUT2D eigenvalue weighted by atomic mass is 10.2. The highest BCUT2D eigenvalue weighted by atomic mass is 16.7. The van der Waals surface area contributed by atoms with Gasteiger partial charge in [-0.1, -0.05) is 12.1 Å². The molecule has 4 rings (SSSR count). The van der Waals surface area contributed by atoms with Crippen molar-refractivity contribution in [3.8, 4) is 17.2 Å². The third-order valence-corrected chi connectivity index (χ3v) is 4.45. The van der Waals surface area contributed by atoms with Gasteiger partial charge < -0.3 is 29.6 Å². The quantitative estimate of drug-likeness (QED) is 0.816. The van der Waals surface area contributed by atoms with E-state index in [9.17, 15) is 4.79 Å². The fourth-order valence-corrected chi connectivity index (χ4v) is 3.06. The average molecular weight is 370 g/mol. The molecule has 0 unspecified atom stereocenters. The van der Waals surface area contributed by atoms with Gasteiger partial charge in [0.1, 0.15) is 12.4 Å². The molecule has 2 heterocycles. The van der Waals surface area contributed by atoms with Gasteiger partial charge in [0.25, 0.3) is 0 Å². The number of amides is 2. The van der Waals surface area contributed by atoms with Crippen LogP contribution in [-0.4, -0.2) is 32.1 Å². The van der Waals surface area contributed by atoms with Gasteiger partial charge in [0, 0.05) is 24.9 Å². The molecule has 1 saturated heterocycles. The lowest BCUT2D eigenvalue weighted by Gasteiger charge is -2.12. The van der Waals surface area contributed by atoms with Crippen molar-refractivity contribution in [2.45, 2.75) is 25.6 Å². The summed E-state index contributed by atoms with van der Waals surface area (Å²) < 4.78 is 21.9. The molecular formula is C20H22N2O5. The summed E-state index contributed by atoms with van der Waals surface area (Å²) in [6.07, 6.45) is 2.17. The zero-order valence-corrected chi connectivity index (χ0v) is 14.9. The summed E-state index contributed by atoms with van der Waals surface area (Å²) >= 11 is 0. The molecule has 2 aliphatic heterocycles. The molecule has 2 N–H and O–H groups in total. The Bertz CT molecular complexity index is 805. The number of rotatable bonds is 6. The SMILES string of the molecule is O=C(NC[C@@H]1CCCO1)Nc1cccc(COc2ccc3c(c2)OCO3)c1. The molecule has 0 spiro atoms. The standard InChI is InChI=1S/C20H22N2O5/c23-20(21-11-17-5-2-8-24-17)22-15-4-1-3-14(9-15)12-25-16-6-7-18-19(10-16)27-13-26-18/h1,3-4,6-7,9-10,17H,2,5,8,11-13H2,(H2,21,22,23)/t17-/m0/s1. The van der Waals surface area contributed by atoms with E-state index in [0.717, 1.165) is 30.8 Å². The molecule has 0 saturated carbocycles. The number of hydrogen-bond donors (Lipinski definition) is 2. The van der Waals surface area contributed by atoms with E-state index in [1.807, 2.05) is 42.5 Å². The maximum Gasteiger partial charge on any atom is 0.319 e. The first kappa shape index (κ1) is 17.5. The lowest BCUT2D eigenvalue weighted by molar-refractivity contribution is 0.112. The molecule has 2 aromatic carbocycles. The van der Waals surface area contributed by atoms with Gasteiger partial charge in [-0.2, -0.15) is 0 Å².